The molecule has 2 rings (SSSR count). The number of para-hydroxylation sites is 1. The summed E-state index contributed by atoms with van der Waals surface area (Å²) < 4.78 is 42.8. The molecule has 8 heteroatoms. The highest BCUT2D eigenvalue weighted by molar-refractivity contribution is 8.00. The Kier molecular flexibility index (Phi) is 5.13. The van der Waals surface area contributed by atoms with Gasteiger partial charge in [0, 0.05) is 11.4 Å². The summed E-state index contributed by atoms with van der Waals surface area (Å²) in [6.07, 6.45) is 0.360. The quantitative estimate of drug-likeness (QED) is 0.837. The fourth-order valence-electron chi connectivity index (χ4n) is 2.07. The second-order valence-corrected chi connectivity index (χ2v) is 5.70. The third-order valence-electron chi connectivity index (χ3n) is 3.03. The molecular formula is C13H15F3N2O2S. The molecule has 1 fully saturated rings. The van der Waals surface area contributed by atoms with Crippen molar-refractivity contribution in [2.45, 2.75) is 35.5 Å². The van der Waals surface area contributed by atoms with Gasteiger partial charge in [-0.2, -0.15) is 13.2 Å². The number of alkyl halides is 3. The molecule has 1 aliphatic heterocycles. The van der Waals surface area contributed by atoms with Crippen LogP contribution < -0.4 is 11.1 Å². The summed E-state index contributed by atoms with van der Waals surface area (Å²) in [5, 5.41) is 2.49. The number of nitrogens with two attached hydrogens (primary N) is 1. The van der Waals surface area contributed by atoms with Crippen LogP contribution in [0.25, 0.3) is 0 Å². The number of thioether (sulfide) groups is 1. The topological polar surface area (TPSA) is 64.4 Å². The van der Waals surface area contributed by atoms with Gasteiger partial charge in [-0.1, -0.05) is 12.1 Å². The largest absolute Gasteiger partial charge is 0.446 e. The number of hydrogen-bond donors (Lipinski definition) is 2. The van der Waals surface area contributed by atoms with Crippen molar-refractivity contribution in [2.75, 3.05) is 11.9 Å². The highest BCUT2D eigenvalue weighted by atomic mass is 32.2. The van der Waals surface area contributed by atoms with E-state index in [0.717, 1.165) is 0 Å². The lowest BCUT2D eigenvalue weighted by Crippen LogP contribution is -2.30. The van der Waals surface area contributed by atoms with E-state index in [1.807, 2.05) is 0 Å². The Balaban J connectivity index is 2.04. The second-order valence-electron chi connectivity index (χ2n) is 4.59. The predicted molar refractivity (Wildman–Crippen MR) is 73.9 cm³/mol. The zero-order valence-electron chi connectivity index (χ0n) is 11.0. The standard InChI is InChI=1S/C13H15F3N2O2S/c14-13(15,16)21-11-4-2-1-3-9(11)18-12(19)10-6-5-8(7-17)20-10/h1-4,8,10H,5-7,17H2,(H,18,19). The van der Waals surface area contributed by atoms with Gasteiger partial charge in [-0.05, 0) is 36.7 Å². The number of halogens is 3. The van der Waals surface area contributed by atoms with Crippen LogP contribution in [0.15, 0.2) is 29.2 Å². The van der Waals surface area contributed by atoms with E-state index in [-0.39, 0.29) is 28.4 Å². The first-order valence-electron chi connectivity index (χ1n) is 6.40. The first-order valence-corrected chi connectivity index (χ1v) is 7.22. The molecule has 0 aliphatic carbocycles. The van der Waals surface area contributed by atoms with E-state index in [0.29, 0.717) is 19.4 Å². The third kappa shape index (κ3) is 4.62. The van der Waals surface area contributed by atoms with Crippen molar-refractivity contribution in [1.82, 2.24) is 0 Å². The fraction of sp³-hybridized carbons (Fsp3) is 0.462. The van der Waals surface area contributed by atoms with E-state index in [1.54, 1.807) is 6.07 Å². The monoisotopic (exact) mass is 320 g/mol. The molecule has 2 unspecified atom stereocenters. The van der Waals surface area contributed by atoms with Gasteiger partial charge in [0.15, 0.2) is 0 Å². The van der Waals surface area contributed by atoms with Crippen LogP contribution in [0.3, 0.4) is 0 Å². The molecule has 2 atom stereocenters. The summed E-state index contributed by atoms with van der Waals surface area (Å²) in [6, 6.07) is 5.79. The third-order valence-corrected chi connectivity index (χ3v) is 3.84. The Morgan fingerprint density at radius 3 is 2.71 bits per heavy atom. The van der Waals surface area contributed by atoms with E-state index in [1.165, 1.54) is 18.2 Å². The van der Waals surface area contributed by atoms with Gasteiger partial charge < -0.3 is 15.8 Å². The van der Waals surface area contributed by atoms with Gasteiger partial charge in [-0.3, -0.25) is 4.79 Å². The van der Waals surface area contributed by atoms with Crippen LogP contribution >= 0.6 is 11.8 Å². The molecule has 1 aliphatic rings. The number of carbonyl (C=O) groups excluding carboxylic acids is 1. The first-order chi connectivity index (χ1) is 9.89. The lowest BCUT2D eigenvalue weighted by molar-refractivity contribution is -0.126. The van der Waals surface area contributed by atoms with Crippen LogP contribution in [0.5, 0.6) is 0 Å². The van der Waals surface area contributed by atoms with Crippen molar-refractivity contribution in [3.05, 3.63) is 24.3 Å². The maximum absolute atomic E-state index is 12.5. The first kappa shape index (κ1) is 16.1. The SMILES string of the molecule is NCC1CCC(C(=O)Nc2ccccc2SC(F)(F)F)O1. The summed E-state index contributed by atoms with van der Waals surface area (Å²) in [7, 11) is 0. The maximum atomic E-state index is 12.5. The van der Waals surface area contributed by atoms with E-state index >= 15 is 0 Å². The lowest BCUT2D eigenvalue weighted by Gasteiger charge is -2.15. The van der Waals surface area contributed by atoms with Crippen molar-refractivity contribution < 1.29 is 22.7 Å². The van der Waals surface area contributed by atoms with Crippen molar-refractivity contribution in [2.24, 2.45) is 5.73 Å². The minimum atomic E-state index is -4.41. The van der Waals surface area contributed by atoms with E-state index < -0.39 is 17.5 Å². The molecule has 116 valence electrons. The minimum Gasteiger partial charge on any atom is -0.364 e. The van der Waals surface area contributed by atoms with Crippen molar-refractivity contribution >= 4 is 23.4 Å². The number of anilines is 1. The molecule has 1 saturated heterocycles. The van der Waals surface area contributed by atoms with Crippen molar-refractivity contribution in [3.63, 3.8) is 0 Å². The Hall–Kier alpha value is -1.25. The van der Waals surface area contributed by atoms with Gasteiger partial charge in [0.25, 0.3) is 5.91 Å². The van der Waals surface area contributed by atoms with Crippen molar-refractivity contribution in [1.29, 1.82) is 0 Å². The molecule has 0 saturated carbocycles. The molecule has 1 heterocycles. The highest BCUT2D eigenvalue weighted by Crippen LogP contribution is 2.40. The molecule has 0 spiro atoms. The smallest absolute Gasteiger partial charge is 0.364 e. The van der Waals surface area contributed by atoms with Crippen LogP contribution in [0, 0.1) is 0 Å². The average Bonchev–Trinajstić information content (AvgIpc) is 2.88. The zero-order valence-corrected chi connectivity index (χ0v) is 11.8. The molecule has 21 heavy (non-hydrogen) atoms. The number of rotatable bonds is 4. The van der Waals surface area contributed by atoms with Gasteiger partial charge in [-0.15, -0.1) is 0 Å². The van der Waals surface area contributed by atoms with E-state index in [2.05, 4.69) is 5.32 Å². The summed E-state index contributed by atoms with van der Waals surface area (Å²) in [4.78, 5) is 12.0. The van der Waals surface area contributed by atoms with E-state index in [9.17, 15) is 18.0 Å². The second kappa shape index (κ2) is 6.67. The lowest BCUT2D eigenvalue weighted by atomic mass is 10.2. The molecule has 1 aromatic rings. The van der Waals surface area contributed by atoms with E-state index in [4.69, 9.17) is 10.5 Å². The number of amides is 1. The molecule has 0 aromatic heterocycles. The average molecular weight is 320 g/mol. The Morgan fingerprint density at radius 1 is 1.38 bits per heavy atom. The minimum absolute atomic E-state index is 0.0493. The van der Waals surface area contributed by atoms with Crippen LogP contribution in [0.4, 0.5) is 18.9 Å². The molecule has 0 bridgehead atoms. The normalized spacial score (nSPS) is 22.3. The van der Waals surface area contributed by atoms with Gasteiger partial charge in [0.1, 0.15) is 6.10 Å². The van der Waals surface area contributed by atoms with Crippen LogP contribution in [0.1, 0.15) is 12.8 Å². The van der Waals surface area contributed by atoms with Gasteiger partial charge in [-0.25, -0.2) is 0 Å². The number of carbonyl (C=O) groups is 1. The maximum Gasteiger partial charge on any atom is 0.446 e. The molecule has 1 amide bonds. The predicted octanol–water partition coefficient (Wildman–Crippen LogP) is 2.74. The zero-order chi connectivity index (χ0) is 15.5. The number of nitrogens with one attached hydrogen (secondary N) is 1. The Morgan fingerprint density at radius 2 is 2.10 bits per heavy atom. The summed E-state index contributed by atoms with van der Waals surface area (Å²) in [5.41, 5.74) is 1.18. The molecular weight excluding hydrogens is 305 g/mol. The van der Waals surface area contributed by atoms with Gasteiger partial charge >= 0.3 is 5.51 Å². The number of ether oxygens (including phenoxy) is 1. The summed E-state index contributed by atoms with van der Waals surface area (Å²) >= 11 is -0.259. The molecule has 4 nitrogen and oxygen atoms in total. The molecule has 0 radical (unpaired) electrons. The van der Waals surface area contributed by atoms with Crippen LogP contribution in [-0.4, -0.2) is 30.2 Å². The van der Waals surface area contributed by atoms with Crippen LogP contribution in [0.2, 0.25) is 0 Å². The molecule has 3 N–H and O–H groups in total. The summed E-state index contributed by atoms with van der Waals surface area (Å²) in [6.45, 7) is 0.324. The number of hydrogen-bond acceptors (Lipinski definition) is 4. The van der Waals surface area contributed by atoms with Gasteiger partial charge in [0.2, 0.25) is 0 Å². The fourth-order valence-corrected chi connectivity index (χ4v) is 2.69. The van der Waals surface area contributed by atoms with Crippen molar-refractivity contribution in [3.8, 4) is 0 Å². The van der Waals surface area contributed by atoms with Crippen LogP contribution in [-0.2, 0) is 9.53 Å². The number of benzene rings is 1. The summed E-state index contributed by atoms with van der Waals surface area (Å²) in [5.74, 6) is -0.443. The van der Waals surface area contributed by atoms with Gasteiger partial charge in [0.05, 0.1) is 11.8 Å². The highest BCUT2D eigenvalue weighted by Gasteiger charge is 2.32. The Bertz CT molecular complexity index is 510. The Labute approximate surface area is 124 Å². The molecule has 1 aromatic carbocycles.